The van der Waals surface area contributed by atoms with Crippen LogP contribution in [0, 0.1) is 0 Å². The number of rotatable bonds is 9. The van der Waals surface area contributed by atoms with Gasteiger partial charge in [-0.15, -0.1) is 22.7 Å². The van der Waals surface area contributed by atoms with E-state index in [1.165, 1.54) is 36.2 Å². The van der Waals surface area contributed by atoms with Crippen molar-refractivity contribution in [1.29, 1.82) is 0 Å². The summed E-state index contributed by atoms with van der Waals surface area (Å²) >= 11 is 2.63. The summed E-state index contributed by atoms with van der Waals surface area (Å²) in [4.78, 5) is 38.7. The first-order valence-corrected chi connectivity index (χ1v) is 11.7. The Hall–Kier alpha value is -3.37. The number of thiazole rings is 1. The third-order valence-corrected chi connectivity index (χ3v) is 6.41. The van der Waals surface area contributed by atoms with Crippen LogP contribution in [0.4, 0.5) is 0 Å². The zero-order valence-electron chi connectivity index (χ0n) is 18.5. The average molecular weight is 489 g/mol. The smallest absolute Gasteiger partial charge is 0.333 e. The molecule has 0 aliphatic rings. The number of carbonyl (C=O) groups is 2. The molecule has 174 valence electrons. The lowest BCUT2D eigenvalue weighted by molar-refractivity contribution is -0.135. The number of nitrogens with one attached hydrogen (secondary N) is 1. The number of nitrogens with zero attached hydrogens (tertiary/aromatic N) is 1. The molecule has 0 aliphatic carbocycles. The SMILES string of the molecule is CCOC(=O)/C=c1\s/c(=C\c2cc(OC)cc(OC)c2)c(=O)n1CC(=O)NCc1cccs1. The van der Waals surface area contributed by atoms with Gasteiger partial charge in [0.15, 0.2) is 0 Å². The molecule has 0 fully saturated rings. The molecular weight excluding hydrogens is 464 g/mol. The molecule has 0 saturated carbocycles. The molecule has 0 unspecified atom stereocenters. The van der Waals surface area contributed by atoms with E-state index in [0.29, 0.717) is 32.8 Å². The first kappa shape index (κ1) is 24.3. The van der Waals surface area contributed by atoms with E-state index in [0.717, 1.165) is 16.2 Å². The third-order valence-electron chi connectivity index (χ3n) is 4.48. The number of hydrogen-bond donors (Lipinski definition) is 1. The predicted molar refractivity (Wildman–Crippen MR) is 128 cm³/mol. The number of carbonyl (C=O) groups excluding carboxylic acids is 2. The minimum Gasteiger partial charge on any atom is -0.497 e. The van der Waals surface area contributed by atoms with Gasteiger partial charge in [0, 0.05) is 10.9 Å². The number of amides is 1. The summed E-state index contributed by atoms with van der Waals surface area (Å²) in [5.41, 5.74) is 0.296. The highest BCUT2D eigenvalue weighted by Crippen LogP contribution is 2.22. The maximum Gasteiger partial charge on any atom is 0.333 e. The second-order valence-corrected chi connectivity index (χ2v) is 8.83. The molecule has 0 bridgehead atoms. The van der Waals surface area contributed by atoms with E-state index >= 15 is 0 Å². The van der Waals surface area contributed by atoms with Crippen molar-refractivity contribution in [3.05, 3.63) is 65.7 Å². The van der Waals surface area contributed by atoms with Crippen LogP contribution in [0.3, 0.4) is 0 Å². The molecule has 2 aromatic heterocycles. The number of methoxy groups -OCH3 is 2. The summed E-state index contributed by atoms with van der Waals surface area (Å²) in [6.45, 7) is 2.05. The lowest BCUT2D eigenvalue weighted by atomic mass is 10.2. The van der Waals surface area contributed by atoms with E-state index in [4.69, 9.17) is 14.2 Å². The fraction of sp³-hybridized carbons (Fsp3) is 0.261. The molecule has 10 heteroatoms. The van der Waals surface area contributed by atoms with E-state index in [9.17, 15) is 14.4 Å². The molecule has 3 rings (SSSR count). The number of aromatic nitrogens is 1. The van der Waals surface area contributed by atoms with Crippen molar-refractivity contribution in [3.8, 4) is 11.5 Å². The average Bonchev–Trinajstić information content (AvgIpc) is 3.42. The molecule has 0 saturated heterocycles. The number of thiophene rings is 1. The number of hydrogen-bond acceptors (Lipinski definition) is 8. The molecule has 8 nitrogen and oxygen atoms in total. The van der Waals surface area contributed by atoms with Gasteiger partial charge in [0.1, 0.15) is 22.7 Å². The normalized spacial score (nSPS) is 12.0. The minimum atomic E-state index is -0.582. The molecule has 2 heterocycles. The Kier molecular flexibility index (Phi) is 8.45. The zero-order valence-corrected chi connectivity index (χ0v) is 20.1. The van der Waals surface area contributed by atoms with Crippen molar-refractivity contribution in [2.45, 2.75) is 20.0 Å². The Labute approximate surface area is 198 Å². The van der Waals surface area contributed by atoms with E-state index < -0.39 is 5.97 Å². The lowest BCUT2D eigenvalue weighted by Gasteiger charge is -2.05. The number of ether oxygens (including phenoxy) is 3. The van der Waals surface area contributed by atoms with Gasteiger partial charge in [0.05, 0.1) is 38.0 Å². The molecule has 0 spiro atoms. The maximum absolute atomic E-state index is 13.1. The topological polar surface area (TPSA) is 95.9 Å². The van der Waals surface area contributed by atoms with Crippen LogP contribution in [0.15, 0.2) is 40.5 Å². The lowest BCUT2D eigenvalue weighted by Crippen LogP contribution is -2.38. The Balaban J connectivity index is 2.00. The molecule has 3 aromatic rings. The van der Waals surface area contributed by atoms with Gasteiger partial charge in [-0.3, -0.25) is 14.2 Å². The molecule has 0 aliphatic heterocycles. The standard InChI is InChI=1S/C23H24N2O6S2/c1-4-31-22(27)12-21-25(14-20(26)24-13-18-6-5-7-32-18)23(28)19(33-21)10-15-8-16(29-2)11-17(9-15)30-3/h5-12H,4,13-14H2,1-3H3,(H,24,26)/b19-10-,21-12-. The fourth-order valence-electron chi connectivity index (χ4n) is 2.94. The van der Waals surface area contributed by atoms with Gasteiger partial charge in [0.2, 0.25) is 5.91 Å². The van der Waals surface area contributed by atoms with Crippen molar-refractivity contribution in [1.82, 2.24) is 9.88 Å². The monoisotopic (exact) mass is 488 g/mol. The van der Waals surface area contributed by atoms with Crippen LogP contribution in [-0.4, -0.2) is 37.3 Å². The maximum atomic E-state index is 13.1. The summed E-state index contributed by atoms with van der Waals surface area (Å²) in [5.74, 6) is 0.227. The third kappa shape index (κ3) is 6.56. The second-order valence-electron chi connectivity index (χ2n) is 6.74. The Bertz CT molecular complexity index is 1270. The number of esters is 1. The predicted octanol–water partition coefficient (Wildman–Crippen LogP) is 1.48. The summed E-state index contributed by atoms with van der Waals surface area (Å²) in [6, 6.07) is 9.06. The molecule has 33 heavy (non-hydrogen) atoms. The highest BCUT2D eigenvalue weighted by Gasteiger charge is 2.12. The first-order valence-electron chi connectivity index (χ1n) is 10.1. The Morgan fingerprint density at radius 3 is 2.48 bits per heavy atom. The van der Waals surface area contributed by atoms with Crippen LogP contribution in [0.25, 0.3) is 12.2 Å². The zero-order chi connectivity index (χ0) is 23.8. The van der Waals surface area contributed by atoms with Gasteiger partial charge in [-0.1, -0.05) is 6.07 Å². The summed E-state index contributed by atoms with van der Waals surface area (Å²) < 4.78 is 17.5. The van der Waals surface area contributed by atoms with Gasteiger partial charge in [-0.05, 0) is 42.1 Å². The summed E-state index contributed by atoms with van der Waals surface area (Å²) in [7, 11) is 3.08. The van der Waals surface area contributed by atoms with Crippen LogP contribution in [-0.2, 0) is 27.4 Å². The van der Waals surface area contributed by atoms with Gasteiger partial charge >= 0.3 is 5.97 Å². The first-order chi connectivity index (χ1) is 15.9. The van der Waals surface area contributed by atoms with E-state index in [2.05, 4.69) is 5.32 Å². The van der Waals surface area contributed by atoms with Gasteiger partial charge < -0.3 is 19.5 Å². The van der Waals surface area contributed by atoms with E-state index in [1.807, 2.05) is 17.5 Å². The molecule has 1 aromatic carbocycles. The van der Waals surface area contributed by atoms with Crippen molar-refractivity contribution >= 4 is 46.7 Å². The van der Waals surface area contributed by atoms with Crippen molar-refractivity contribution in [2.24, 2.45) is 0 Å². The number of benzene rings is 1. The quantitative estimate of drug-likeness (QED) is 0.459. The van der Waals surface area contributed by atoms with Crippen molar-refractivity contribution < 1.29 is 23.8 Å². The Morgan fingerprint density at radius 1 is 1.15 bits per heavy atom. The van der Waals surface area contributed by atoms with Crippen molar-refractivity contribution in [3.63, 3.8) is 0 Å². The summed E-state index contributed by atoms with van der Waals surface area (Å²) in [5, 5.41) is 4.72. The molecular formula is C23H24N2O6S2. The second kappa shape index (κ2) is 11.5. The Morgan fingerprint density at radius 2 is 1.88 bits per heavy atom. The van der Waals surface area contributed by atoms with Gasteiger partial charge in [-0.25, -0.2) is 4.79 Å². The van der Waals surface area contributed by atoms with Gasteiger partial charge in [0.25, 0.3) is 5.56 Å². The molecule has 0 atom stereocenters. The van der Waals surface area contributed by atoms with Crippen molar-refractivity contribution in [2.75, 3.05) is 20.8 Å². The van der Waals surface area contributed by atoms with Crippen LogP contribution in [0.1, 0.15) is 17.4 Å². The van der Waals surface area contributed by atoms with Crippen LogP contribution in [0.5, 0.6) is 11.5 Å². The molecule has 1 N–H and O–H groups in total. The van der Waals surface area contributed by atoms with Crippen LogP contribution in [0.2, 0.25) is 0 Å². The van der Waals surface area contributed by atoms with E-state index in [-0.39, 0.29) is 24.6 Å². The van der Waals surface area contributed by atoms with E-state index in [1.54, 1.807) is 31.2 Å². The highest BCUT2D eigenvalue weighted by atomic mass is 32.1. The molecule has 0 radical (unpaired) electrons. The van der Waals surface area contributed by atoms with Crippen LogP contribution >= 0.6 is 22.7 Å². The highest BCUT2D eigenvalue weighted by molar-refractivity contribution is 7.09. The minimum absolute atomic E-state index is 0.203. The molecule has 1 amide bonds. The largest absolute Gasteiger partial charge is 0.497 e. The fourth-order valence-corrected chi connectivity index (χ4v) is 4.62. The van der Waals surface area contributed by atoms with Crippen LogP contribution < -0.4 is 29.5 Å². The van der Waals surface area contributed by atoms with Gasteiger partial charge in [-0.2, -0.15) is 0 Å². The summed E-state index contributed by atoms with van der Waals surface area (Å²) in [6.07, 6.45) is 2.90.